The molecule has 8 N–H and O–H groups in total. The zero-order valence-corrected chi connectivity index (χ0v) is 34.5. The molecular weight excluding hydrogens is 672 g/mol. The molecule has 0 aliphatic carbocycles. The standard InChI is InChI=1S/C20H32N6O12S2.4Na/c21-9(19(35)36)1-3-13(27)25-11(17(33)23-5-15(29)30)7-39-40-8-12(18(34)24-6-16(31)32)26-14(28)4-2-10(22)20(37)38;;;;/h9-12H,1-8,21-22H2,(H,23,33)(H,24,34)(H,25,27)(H,26,28)(H,29,30)(H,31,32)(H,35,36)(H,37,38);;;;/q;4*+1/p-4/t9-,10-,11-,12-;;;;/m0..../s1. The van der Waals surface area contributed by atoms with Gasteiger partial charge in [0.15, 0.2) is 0 Å². The van der Waals surface area contributed by atoms with Crippen LogP contribution in [0.5, 0.6) is 0 Å². The van der Waals surface area contributed by atoms with Gasteiger partial charge in [-0.05, 0) is 12.8 Å². The zero-order valence-electron chi connectivity index (χ0n) is 24.8. The van der Waals surface area contributed by atoms with E-state index in [1.807, 2.05) is 10.6 Å². The number of carbonyl (C=O) groups excluding carboxylic acids is 8. The molecule has 0 aromatic carbocycles. The SMILES string of the molecule is N[C@@H](CCC(=O)N[C@@H](CSSC[C@H](NC(=O)CC[C@H](N)C(=O)[O-])C(=O)NCC(=O)[O-])C(=O)NCC(=O)[O-])C(=O)[O-].[Na+].[Na+].[Na+].[Na+]. The molecule has 0 fully saturated rings. The van der Waals surface area contributed by atoms with Gasteiger partial charge in [0.25, 0.3) is 0 Å². The minimum atomic E-state index is -1.61. The first-order valence-corrected chi connectivity index (χ1v) is 13.8. The molecule has 0 saturated heterocycles. The number of hydrogen-bond donors (Lipinski definition) is 6. The Balaban J connectivity index is -0.00000127. The average molecular weight is 701 g/mol. The fraction of sp³-hybridized carbons (Fsp3) is 0.600. The second-order valence-corrected chi connectivity index (χ2v) is 10.5. The van der Waals surface area contributed by atoms with Gasteiger partial charge in [-0.2, -0.15) is 0 Å². The molecule has 44 heavy (non-hydrogen) atoms. The number of aliphatic carboxylic acids is 4. The van der Waals surface area contributed by atoms with Gasteiger partial charge in [0, 0.05) is 36.4 Å². The van der Waals surface area contributed by atoms with E-state index in [2.05, 4.69) is 10.6 Å². The van der Waals surface area contributed by atoms with E-state index >= 15 is 0 Å². The summed E-state index contributed by atoms with van der Waals surface area (Å²) in [6.07, 6.45) is -1.41. The molecule has 226 valence electrons. The van der Waals surface area contributed by atoms with Crippen molar-refractivity contribution >= 4 is 69.1 Å². The van der Waals surface area contributed by atoms with Crippen LogP contribution in [0.4, 0.5) is 0 Å². The molecule has 0 bridgehead atoms. The van der Waals surface area contributed by atoms with E-state index in [-0.39, 0.29) is 143 Å². The smallest absolute Gasteiger partial charge is 0.548 e. The van der Waals surface area contributed by atoms with Gasteiger partial charge in [0.1, 0.15) is 12.1 Å². The zero-order chi connectivity index (χ0) is 30.8. The molecule has 0 rings (SSSR count). The largest absolute Gasteiger partial charge is 1.00 e. The molecule has 0 unspecified atom stereocenters. The van der Waals surface area contributed by atoms with Crippen LogP contribution in [0.15, 0.2) is 0 Å². The quantitative estimate of drug-likeness (QED) is 0.0368. The van der Waals surface area contributed by atoms with Gasteiger partial charge >= 0.3 is 118 Å². The van der Waals surface area contributed by atoms with Crippen LogP contribution in [0.3, 0.4) is 0 Å². The van der Waals surface area contributed by atoms with E-state index < -0.39 is 97.6 Å². The first kappa shape index (κ1) is 53.9. The minimum absolute atomic E-state index is 0. The van der Waals surface area contributed by atoms with E-state index in [4.69, 9.17) is 11.5 Å². The summed E-state index contributed by atoms with van der Waals surface area (Å²) in [5, 5.41) is 51.3. The van der Waals surface area contributed by atoms with Gasteiger partial charge in [-0.3, -0.25) is 19.2 Å². The molecule has 0 spiro atoms. The molecule has 0 heterocycles. The average Bonchev–Trinajstić information content (AvgIpc) is 2.87. The summed E-state index contributed by atoms with van der Waals surface area (Å²) in [6.45, 7) is -1.74. The molecule has 0 aromatic heterocycles. The third-order valence-corrected chi connectivity index (χ3v) is 7.06. The van der Waals surface area contributed by atoms with Crippen molar-refractivity contribution in [1.82, 2.24) is 21.3 Å². The van der Waals surface area contributed by atoms with Crippen LogP contribution in [0.25, 0.3) is 0 Å². The Hall–Kier alpha value is 0.380. The third kappa shape index (κ3) is 27.5. The van der Waals surface area contributed by atoms with Crippen molar-refractivity contribution in [1.29, 1.82) is 0 Å². The topological polar surface area (TPSA) is 329 Å². The van der Waals surface area contributed by atoms with Gasteiger partial charge in [-0.1, -0.05) is 21.6 Å². The van der Waals surface area contributed by atoms with Gasteiger partial charge in [0.05, 0.1) is 37.0 Å². The minimum Gasteiger partial charge on any atom is -0.548 e. The Morgan fingerprint density at radius 3 is 1.11 bits per heavy atom. The maximum Gasteiger partial charge on any atom is 1.00 e. The Morgan fingerprint density at radius 2 is 0.864 bits per heavy atom. The summed E-state index contributed by atoms with van der Waals surface area (Å²) >= 11 is 0. The van der Waals surface area contributed by atoms with Crippen molar-refractivity contribution in [3.05, 3.63) is 0 Å². The molecule has 24 heteroatoms. The molecule has 0 saturated carbocycles. The van der Waals surface area contributed by atoms with Crippen molar-refractivity contribution in [3.63, 3.8) is 0 Å². The second-order valence-electron chi connectivity index (χ2n) is 7.92. The van der Waals surface area contributed by atoms with E-state index in [1.165, 1.54) is 0 Å². The van der Waals surface area contributed by atoms with Crippen molar-refractivity contribution in [3.8, 4) is 0 Å². The molecule has 0 aliphatic rings. The first-order chi connectivity index (χ1) is 18.6. The molecule has 0 aromatic rings. The normalized spacial score (nSPS) is 12.3. The van der Waals surface area contributed by atoms with Crippen LogP contribution in [-0.2, 0) is 38.4 Å². The van der Waals surface area contributed by atoms with Crippen molar-refractivity contribution in [2.24, 2.45) is 11.5 Å². The van der Waals surface area contributed by atoms with E-state index in [1.54, 1.807) is 0 Å². The van der Waals surface area contributed by atoms with Crippen LogP contribution in [-0.4, -0.2) is 96.3 Å². The van der Waals surface area contributed by atoms with Gasteiger partial charge in [-0.25, -0.2) is 0 Å². The Bertz CT molecular complexity index is 898. The Kier molecular flexibility index (Phi) is 37.6. The molecular formula is C20H28N6Na4O12S2. The van der Waals surface area contributed by atoms with Crippen LogP contribution in [0.1, 0.15) is 25.7 Å². The predicted octanol–water partition coefficient (Wildman–Crippen LogP) is -21.2. The summed E-state index contributed by atoms with van der Waals surface area (Å²) in [6, 6.07) is -5.52. The number of nitrogens with one attached hydrogen (secondary N) is 4. The summed E-state index contributed by atoms with van der Waals surface area (Å²) in [7, 11) is 1.80. The second kappa shape index (κ2) is 30.7. The van der Waals surface area contributed by atoms with E-state index in [9.17, 15) is 58.8 Å². The number of nitrogens with two attached hydrogens (primary N) is 2. The van der Waals surface area contributed by atoms with Gasteiger partial charge < -0.3 is 72.3 Å². The molecule has 0 aliphatic heterocycles. The number of carboxylic acid groups (broad SMARTS) is 4. The van der Waals surface area contributed by atoms with E-state index in [0.717, 1.165) is 21.6 Å². The van der Waals surface area contributed by atoms with Crippen LogP contribution < -0.4 is 171 Å². The Labute approximate surface area is 348 Å². The molecule has 4 atom stereocenters. The number of carbonyl (C=O) groups is 8. The van der Waals surface area contributed by atoms with Crippen molar-refractivity contribution < 1.29 is 177 Å². The fourth-order valence-corrected chi connectivity index (χ4v) is 4.83. The number of amides is 4. The molecule has 0 radical (unpaired) electrons. The number of rotatable bonds is 21. The summed E-state index contributed by atoms with van der Waals surface area (Å²) in [5.74, 6) is -10.2. The van der Waals surface area contributed by atoms with Crippen LogP contribution >= 0.6 is 21.6 Å². The van der Waals surface area contributed by atoms with Gasteiger partial charge in [0.2, 0.25) is 23.6 Å². The number of carboxylic acids is 4. The maximum atomic E-state index is 12.3. The molecule has 18 nitrogen and oxygen atoms in total. The van der Waals surface area contributed by atoms with Gasteiger partial charge in [-0.15, -0.1) is 0 Å². The maximum absolute atomic E-state index is 12.3. The first-order valence-electron chi connectivity index (χ1n) is 11.3. The monoisotopic (exact) mass is 700 g/mol. The van der Waals surface area contributed by atoms with E-state index in [0.29, 0.717) is 0 Å². The van der Waals surface area contributed by atoms with Crippen molar-refractivity contribution in [2.45, 2.75) is 49.9 Å². The summed E-state index contributed by atoms with van der Waals surface area (Å²) in [4.78, 5) is 91.6. The summed E-state index contributed by atoms with van der Waals surface area (Å²) in [5.41, 5.74) is 10.5. The molecule has 4 amide bonds. The van der Waals surface area contributed by atoms with Crippen molar-refractivity contribution in [2.75, 3.05) is 24.6 Å². The summed E-state index contributed by atoms with van der Waals surface area (Å²) < 4.78 is 0. The van der Waals surface area contributed by atoms with Crippen LogP contribution in [0, 0.1) is 0 Å². The fourth-order valence-electron chi connectivity index (χ4n) is 2.50. The van der Waals surface area contributed by atoms with Crippen LogP contribution in [0.2, 0.25) is 0 Å². The predicted molar refractivity (Wildman–Crippen MR) is 129 cm³/mol. The Morgan fingerprint density at radius 1 is 0.568 bits per heavy atom. The number of hydrogen-bond acceptors (Lipinski definition) is 16. The third-order valence-electron chi connectivity index (χ3n) is 4.64.